The quantitative estimate of drug-likeness (QED) is 0.205. The van der Waals surface area contributed by atoms with E-state index in [0.29, 0.717) is 4.90 Å². The third-order valence-corrected chi connectivity index (χ3v) is 7.68. The number of ether oxygens (including phenoxy) is 2. The molecule has 0 aromatic carbocycles. The van der Waals surface area contributed by atoms with Gasteiger partial charge < -0.3 is 20.1 Å². The molecule has 0 fully saturated rings. The van der Waals surface area contributed by atoms with Gasteiger partial charge >= 0.3 is 6.03 Å². The third kappa shape index (κ3) is 6.95. The molecule has 41 heavy (non-hydrogen) atoms. The number of aromatic nitrogens is 4. The number of rotatable bonds is 10. The molecule has 0 saturated heterocycles. The van der Waals surface area contributed by atoms with Crippen LogP contribution in [0.15, 0.2) is 40.5 Å². The predicted octanol–water partition coefficient (Wildman–Crippen LogP) is 0.581. The van der Waals surface area contributed by atoms with Gasteiger partial charge in [0.1, 0.15) is 15.6 Å². The fourth-order valence-electron chi connectivity index (χ4n) is 3.46. The van der Waals surface area contributed by atoms with E-state index in [4.69, 9.17) is 26.8 Å². The number of hydrogen-bond donors (Lipinski definition) is 3. The van der Waals surface area contributed by atoms with Gasteiger partial charge in [-0.25, -0.2) is 24.4 Å². The zero-order chi connectivity index (χ0) is 30.7. The van der Waals surface area contributed by atoms with Crippen LogP contribution in [0.25, 0.3) is 0 Å². The highest BCUT2D eigenvalue weighted by atomic mass is 35.5. The van der Waals surface area contributed by atoms with Gasteiger partial charge in [-0.2, -0.15) is 26.8 Å². The van der Waals surface area contributed by atoms with Crippen LogP contribution < -0.4 is 24.8 Å². The topological polar surface area (TPSA) is 237 Å². The van der Waals surface area contributed by atoms with Crippen molar-refractivity contribution in [2.24, 2.45) is 5.73 Å². The molecule has 220 valence electrons. The van der Waals surface area contributed by atoms with E-state index in [1.807, 2.05) is 0 Å². The Bertz CT molecular complexity index is 1700. The summed E-state index contributed by atoms with van der Waals surface area (Å²) >= 11 is 6.05. The molecule has 0 bridgehead atoms. The van der Waals surface area contributed by atoms with Gasteiger partial charge in [0.05, 0.1) is 26.0 Å². The number of carbonyl (C=O) groups is 2. The molecule has 0 radical (unpaired) electrons. The first kappa shape index (κ1) is 31.4. The number of sulfonamides is 1. The summed E-state index contributed by atoms with van der Waals surface area (Å²) in [4.78, 5) is 42.2. The van der Waals surface area contributed by atoms with Crippen molar-refractivity contribution in [3.8, 4) is 11.8 Å². The number of pyridine rings is 2. The smallest absolute Gasteiger partial charge is 0.342 e. The molecule has 17 nitrogen and oxygen atoms in total. The number of nitrogens with two attached hydrogens (primary N) is 1. The van der Waals surface area contributed by atoms with E-state index < -0.39 is 64.4 Å². The maximum atomic E-state index is 13.7. The minimum atomic E-state index is -5.17. The van der Waals surface area contributed by atoms with E-state index in [2.05, 4.69) is 19.9 Å². The second-order valence-electron chi connectivity index (χ2n) is 8.18. The highest BCUT2D eigenvalue weighted by Crippen LogP contribution is 2.32. The first-order valence-corrected chi connectivity index (χ1v) is 14.3. The van der Waals surface area contributed by atoms with Gasteiger partial charge in [0, 0.05) is 18.9 Å². The molecule has 3 amide bonds. The molecule has 3 aromatic rings. The summed E-state index contributed by atoms with van der Waals surface area (Å²) in [6.45, 7) is -0.116. The van der Waals surface area contributed by atoms with Gasteiger partial charge in [0.2, 0.25) is 17.7 Å². The normalized spacial score (nSPS) is 11.7. The molecule has 20 heteroatoms. The summed E-state index contributed by atoms with van der Waals surface area (Å²) < 4.78 is 73.0. The number of hydrogen-bond acceptors (Lipinski definition) is 13. The van der Waals surface area contributed by atoms with E-state index in [1.165, 1.54) is 31.3 Å². The molecule has 0 atom stereocenters. The fourth-order valence-corrected chi connectivity index (χ4v) is 6.08. The lowest BCUT2D eigenvalue weighted by atomic mass is 10.2. The summed E-state index contributed by atoms with van der Waals surface area (Å²) in [5.41, 5.74) is 4.39. The zero-order valence-corrected chi connectivity index (χ0v) is 24.2. The van der Waals surface area contributed by atoms with Crippen LogP contribution >= 0.6 is 11.6 Å². The number of primary amides is 1. The van der Waals surface area contributed by atoms with Gasteiger partial charge in [-0.15, -0.1) is 0 Å². The monoisotopic (exact) mass is 630 g/mol. The number of nitrogens with one attached hydrogen (secondary N) is 1. The number of anilines is 2. The summed E-state index contributed by atoms with van der Waals surface area (Å²) in [6.07, 6.45) is 2.06. The van der Waals surface area contributed by atoms with Crippen molar-refractivity contribution in [2.45, 2.75) is 16.5 Å². The largest absolute Gasteiger partial charge is 0.481 e. The lowest BCUT2D eigenvalue weighted by Gasteiger charge is -2.24. The number of urea groups is 1. The van der Waals surface area contributed by atoms with Gasteiger partial charge in [-0.3, -0.25) is 9.35 Å². The average molecular weight is 631 g/mol. The molecule has 0 aliphatic carbocycles. The molecule has 3 rings (SSSR count). The Morgan fingerprint density at radius 3 is 2.15 bits per heavy atom. The average Bonchev–Trinajstić information content (AvgIpc) is 2.87. The van der Waals surface area contributed by atoms with Crippen molar-refractivity contribution < 1.29 is 40.5 Å². The fraction of sp³-hybridized carbons (Fsp3) is 0.238. The van der Waals surface area contributed by atoms with Crippen LogP contribution in [0.4, 0.5) is 16.4 Å². The third-order valence-electron chi connectivity index (χ3n) is 5.03. The van der Waals surface area contributed by atoms with Crippen LogP contribution in [0.3, 0.4) is 0 Å². The minimum absolute atomic E-state index is 0.116. The van der Waals surface area contributed by atoms with E-state index in [0.717, 1.165) is 18.5 Å². The molecule has 0 aliphatic rings. The Labute approximate surface area is 239 Å². The van der Waals surface area contributed by atoms with Crippen LogP contribution in [-0.2, 0) is 26.7 Å². The van der Waals surface area contributed by atoms with Crippen LogP contribution in [-0.4, -0.2) is 86.5 Å². The molecular weight excluding hydrogens is 608 g/mol. The van der Waals surface area contributed by atoms with Crippen molar-refractivity contribution >= 4 is 55.3 Å². The van der Waals surface area contributed by atoms with E-state index in [-0.39, 0.29) is 23.9 Å². The van der Waals surface area contributed by atoms with Crippen LogP contribution in [0.5, 0.6) is 11.8 Å². The standard InChI is InChI=1S/C21H23ClN8O9S2/c1-29(2)10-11-5-7-25-19(16(11)41(35,36)37)40(33,34)28-21(32)30(12-6-8-24-17(22)15(12)18(23)31)20-26-13(38-3)9-14(27-20)39-4/h5-9H,10H2,1-4H3,(H2,23,31)(H,28,32)(H,35,36,37). The van der Waals surface area contributed by atoms with Gasteiger partial charge in [0.25, 0.3) is 26.0 Å². The second kappa shape index (κ2) is 12.1. The van der Waals surface area contributed by atoms with Crippen molar-refractivity contribution in [2.75, 3.05) is 33.2 Å². The van der Waals surface area contributed by atoms with Gasteiger partial charge in [-0.05, 0) is 31.8 Å². The lowest BCUT2D eigenvalue weighted by molar-refractivity contribution is 0.100. The van der Waals surface area contributed by atoms with E-state index >= 15 is 0 Å². The first-order chi connectivity index (χ1) is 19.1. The van der Waals surface area contributed by atoms with Crippen molar-refractivity contribution in [3.63, 3.8) is 0 Å². The Kier molecular flexibility index (Phi) is 9.29. The number of amides is 3. The lowest BCUT2D eigenvalue weighted by Crippen LogP contribution is -2.42. The van der Waals surface area contributed by atoms with Crippen LogP contribution in [0, 0.1) is 0 Å². The number of methoxy groups -OCH3 is 2. The zero-order valence-electron chi connectivity index (χ0n) is 21.8. The Balaban J connectivity index is 2.26. The second-order valence-corrected chi connectivity index (χ2v) is 11.5. The van der Waals surface area contributed by atoms with Gasteiger partial charge in [-0.1, -0.05) is 11.6 Å². The molecule has 3 aromatic heterocycles. The first-order valence-electron chi connectivity index (χ1n) is 11.0. The van der Waals surface area contributed by atoms with E-state index in [1.54, 1.807) is 18.8 Å². The Morgan fingerprint density at radius 1 is 1.05 bits per heavy atom. The minimum Gasteiger partial charge on any atom is -0.481 e. The summed E-state index contributed by atoms with van der Waals surface area (Å²) in [5, 5.41) is -1.63. The number of carbonyl (C=O) groups excluding carboxylic acids is 2. The molecule has 0 spiro atoms. The highest BCUT2D eigenvalue weighted by Gasteiger charge is 2.35. The molecular formula is C21H23ClN8O9S2. The molecule has 0 saturated carbocycles. The Morgan fingerprint density at radius 2 is 1.63 bits per heavy atom. The number of nitrogens with zero attached hydrogens (tertiary/aromatic N) is 6. The maximum Gasteiger partial charge on any atom is 0.342 e. The maximum absolute atomic E-state index is 13.7. The highest BCUT2D eigenvalue weighted by molar-refractivity contribution is 7.91. The molecule has 0 aliphatic heterocycles. The van der Waals surface area contributed by atoms with Crippen molar-refractivity contribution in [3.05, 3.63) is 46.9 Å². The van der Waals surface area contributed by atoms with Crippen molar-refractivity contribution in [1.29, 1.82) is 0 Å². The summed E-state index contributed by atoms with van der Waals surface area (Å²) in [6, 6.07) is 1.97. The van der Waals surface area contributed by atoms with Gasteiger partial charge in [0.15, 0.2) is 5.03 Å². The molecule has 0 unspecified atom stereocenters. The predicted molar refractivity (Wildman–Crippen MR) is 142 cm³/mol. The van der Waals surface area contributed by atoms with Crippen molar-refractivity contribution in [1.82, 2.24) is 29.6 Å². The molecule has 3 heterocycles. The summed E-state index contributed by atoms with van der Waals surface area (Å²) in [7, 11) is -4.72. The van der Waals surface area contributed by atoms with E-state index in [9.17, 15) is 31.0 Å². The van der Waals surface area contributed by atoms with Crippen LogP contribution in [0.1, 0.15) is 15.9 Å². The number of halogens is 1. The summed E-state index contributed by atoms with van der Waals surface area (Å²) in [5.74, 6) is -2.01. The SMILES string of the molecule is COc1cc(OC)nc(N(C(=O)NS(=O)(=O)c2nccc(CN(C)C)c2S(=O)(=O)O)c2ccnc(Cl)c2C(N)=O)n1. The van der Waals surface area contributed by atoms with Crippen LogP contribution in [0.2, 0.25) is 5.15 Å². The Hall–Kier alpha value is -4.17. The molecule has 4 N–H and O–H groups in total.